The van der Waals surface area contributed by atoms with Crippen molar-refractivity contribution < 1.29 is 4.79 Å². The molecule has 1 aromatic carbocycles. The van der Waals surface area contributed by atoms with E-state index in [-0.39, 0.29) is 5.91 Å². The molecule has 5 nitrogen and oxygen atoms in total. The summed E-state index contributed by atoms with van der Waals surface area (Å²) in [6.07, 6.45) is 1.86. The molecule has 1 saturated heterocycles. The molecule has 0 N–H and O–H groups in total. The zero-order chi connectivity index (χ0) is 17.2. The number of fused-ring (bicyclic) bond motifs is 1. The summed E-state index contributed by atoms with van der Waals surface area (Å²) in [5, 5.41) is 5.14. The summed E-state index contributed by atoms with van der Waals surface area (Å²) < 4.78 is 1.74. The highest BCUT2D eigenvalue weighted by Gasteiger charge is 2.23. The normalized spacial score (nSPS) is 15.6. The van der Waals surface area contributed by atoms with Crippen LogP contribution in [0.3, 0.4) is 0 Å². The van der Waals surface area contributed by atoms with Gasteiger partial charge in [-0.25, -0.2) is 4.52 Å². The monoisotopic (exact) mass is 354 g/mol. The zero-order valence-electron chi connectivity index (χ0n) is 13.8. The molecule has 6 heteroatoms. The van der Waals surface area contributed by atoms with Crippen molar-refractivity contribution >= 4 is 23.0 Å². The predicted molar refractivity (Wildman–Crippen MR) is 97.8 cm³/mol. The molecule has 1 aliphatic heterocycles. The largest absolute Gasteiger partial charge is 0.335 e. The molecule has 3 aromatic rings. The Bertz CT molecular complexity index is 849. The van der Waals surface area contributed by atoms with Crippen molar-refractivity contribution in [1.82, 2.24) is 19.4 Å². The zero-order valence-corrected chi connectivity index (χ0v) is 14.6. The molecule has 0 unspecified atom stereocenters. The van der Waals surface area contributed by atoms with Gasteiger partial charge in [0.25, 0.3) is 5.91 Å². The first-order chi connectivity index (χ1) is 12.2. The van der Waals surface area contributed by atoms with Crippen LogP contribution in [0.4, 0.5) is 0 Å². The lowest BCUT2D eigenvalue weighted by Crippen LogP contribution is -2.48. The Balaban J connectivity index is 1.37. The third-order valence-corrected chi connectivity index (χ3v) is 4.82. The maximum Gasteiger partial charge on any atom is 0.274 e. The van der Waals surface area contributed by atoms with Crippen molar-refractivity contribution in [3.63, 3.8) is 0 Å². The van der Waals surface area contributed by atoms with E-state index in [1.165, 1.54) is 5.56 Å². The summed E-state index contributed by atoms with van der Waals surface area (Å²) in [5.74, 6) is 0.00911. The van der Waals surface area contributed by atoms with Crippen LogP contribution in [0.1, 0.15) is 16.1 Å². The van der Waals surface area contributed by atoms with E-state index in [2.05, 4.69) is 22.1 Å². The van der Waals surface area contributed by atoms with E-state index in [0.29, 0.717) is 5.69 Å². The second-order valence-electron chi connectivity index (χ2n) is 6.29. The molecule has 128 valence electrons. The van der Waals surface area contributed by atoms with Gasteiger partial charge in [0.2, 0.25) is 0 Å². The standard InChI is InChI=1S/C19H19ClN4O/c20-16-6-4-15(5-7-16)14-22-9-11-23(12-10-22)19(25)18-13-17-3-1-2-8-24(17)21-18/h1-8,13H,9-12,14H2. The molecule has 0 saturated carbocycles. The van der Waals surface area contributed by atoms with E-state index in [1.807, 2.05) is 47.5 Å². The lowest BCUT2D eigenvalue weighted by molar-refractivity contribution is 0.0622. The molecule has 0 atom stereocenters. The van der Waals surface area contributed by atoms with Gasteiger partial charge in [-0.2, -0.15) is 5.10 Å². The highest BCUT2D eigenvalue weighted by Crippen LogP contribution is 2.14. The Kier molecular flexibility index (Phi) is 4.42. The molecular formula is C19H19ClN4O. The van der Waals surface area contributed by atoms with Gasteiger partial charge < -0.3 is 4.90 Å². The Labute approximate surface area is 151 Å². The van der Waals surface area contributed by atoms with Crippen LogP contribution in [0.15, 0.2) is 54.7 Å². The summed E-state index contributed by atoms with van der Waals surface area (Å²) in [4.78, 5) is 16.9. The second-order valence-corrected chi connectivity index (χ2v) is 6.73. The second kappa shape index (κ2) is 6.86. The molecule has 1 fully saturated rings. The van der Waals surface area contributed by atoms with E-state index in [4.69, 9.17) is 11.6 Å². The molecule has 1 aliphatic rings. The summed E-state index contributed by atoms with van der Waals surface area (Å²) in [6, 6.07) is 15.6. The quantitative estimate of drug-likeness (QED) is 0.726. The number of amides is 1. The number of halogens is 1. The van der Waals surface area contributed by atoms with Gasteiger partial charge in [0, 0.05) is 43.9 Å². The lowest BCUT2D eigenvalue weighted by Gasteiger charge is -2.34. The van der Waals surface area contributed by atoms with Crippen molar-refractivity contribution in [2.45, 2.75) is 6.54 Å². The van der Waals surface area contributed by atoms with Crippen LogP contribution in [0.5, 0.6) is 0 Å². The Hall–Kier alpha value is -2.37. The minimum atomic E-state index is 0.00911. The molecule has 0 radical (unpaired) electrons. The first-order valence-electron chi connectivity index (χ1n) is 8.39. The van der Waals surface area contributed by atoms with Gasteiger partial charge in [-0.05, 0) is 35.9 Å². The summed E-state index contributed by atoms with van der Waals surface area (Å²) in [7, 11) is 0. The molecular weight excluding hydrogens is 336 g/mol. The van der Waals surface area contributed by atoms with E-state index >= 15 is 0 Å². The maximum absolute atomic E-state index is 12.7. The van der Waals surface area contributed by atoms with Crippen LogP contribution in [-0.2, 0) is 6.54 Å². The van der Waals surface area contributed by atoms with Gasteiger partial charge in [0.1, 0.15) is 0 Å². The first kappa shape index (κ1) is 16.1. The van der Waals surface area contributed by atoms with E-state index in [1.54, 1.807) is 4.52 Å². The third-order valence-electron chi connectivity index (χ3n) is 4.57. The van der Waals surface area contributed by atoms with E-state index in [0.717, 1.165) is 43.3 Å². The van der Waals surface area contributed by atoms with Gasteiger partial charge in [0.05, 0.1) is 5.52 Å². The van der Waals surface area contributed by atoms with Crippen LogP contribution in [0.2, 0.25) is 5.02 Å². The molecule has 1 amide bonds. The highest BCUT2D eigenvalue weighted by molar-refractivity contribution is 6.30. The molecule has 3 heterocycles. The number of benzene rings is 1. The van der Waals surface area contributed by atoms with Crippen LogP contribution >= 0.6 is 11.6 Å². The fourth-order valence-corrected chi connectivity index (χ4v) is 3.29. The Morgan fingerprint density at radius 3 is 2.52 bits per heavy atom. The number of hydrogen-bond donors (Lipinski definition) is 0. The molecule has 4 rings (SSSR count). The molecule has 2 aromatic heterocycles. The molecule has 0 bridgehead atoms. The van der Waals surface area contributed by atoms with E-state index in [9.17, 15) is 4.79 Å². The summed E-state index contributed by atoms with van der Waals surface area (Å²) in [5.41, 5.74) is 2.69. The number of piperazine rings is 1. The number of nitrogens with zero attached hydrogens (tertiary/aromatic N) is 4. The van der Waals surface area contributed by atoms with Crippen LogP contribution in [-0.4, -0.2) is 51.5 Å². The highest BCUT2D eigenvalue weighted by atomic mass is 35.5. The van der Waals surface area contributed by atoms with Crippen molar-refractivity contribution in [3.8, 4) is 0 Å². The fraction of sp³-hybridized carbons (Fsp3) is 0.263. The summed E-state index contributed by atoms with van der Waals surface area (Å²) in [6.45, 7) is 4.05. The average Bonchev–Trinajstić information content (AvgIpc) is 3.08. The van der Waals surface area contributed by atoms with Crippen LogP contribution < -0.4 is 0 Å². The molecule has 0 aliphatic carbocycles. The topological polar surface area (TPSA) is 40.9 Å². The smallest absolute Gasteiger partial charge is 0.274 e. The van der Waals surface area contributed by atoms with Gasteiger partial charge in [-0.15, -0.1) is 0 Å². The summed E-state index contributed by atoms with van der Waals surface area (Å²) >= 11 is 5.93. The molecule has 25 heavy (non-hydrogen) atoms. The van der Waals surface area contributed by atoms with Crippen molar-refractivity contribution in [2.24, 2.45) is 0 Å². The van der Waals surface area contributed by atoms with E-state index < -0.39 is 0 Å². The van der Waals surface area contributed by atoms with Crippen molar-refractivity contribution in [3.05, 3.63) is 71.0 Å². The van der Waals surface area contributed by atoms with Crippen LogP contribution in [0.25, 0.3) is 5.52 Å². The maximum atomic E-state index is 12.7. The number of pyridine rings is 1. The molecule has 0 spiro atoms. The first-order valence-corrected chi connectivity index (χ1v) is 8.77. The third kappa shape index (κ3) is 3.52. The Morgan fingerprint density at radius 2 is 1.80 bits per heavy atom. The SMILES string of the molecule is O=C(c1cc2ccccn2n1)N1CCN(Cc2ccc(Cl)cc2)CC1. The van der Waals surface area contributed by atoms with Gasteiger partial charge in [-0.3, -0.25) is 9.69 Å². The van der Waals surface area contributed by atoms with Gasteiger partial charge >= 0.3 is 0 Å². The minimum absolute atomic E-state index is 0.00911. The van der Waals surface area contributed by atoms with Gasteiger partial charge in [0.15, 0.2) is 5.69 Å². The number of aromatic nitrogens is 2. The lowest BCUT2D eigenvalue weighted by atomic mass is 10.2. The van der Waals surface area contributed by atoms with Gasteiger partial charge in [-0.1, -0.05) is 29.8 Å². The van der Waals surface area contributed by atoms with Crippen LogP contribution in [0, 0.1) is 0 Å². The number of carbonyl (C=O) groups is 1. The number of rotatable bonds is 3. The average molecular weight is 355 g/mol. The van der Waals surface area contributed by atoms with Crippen molar-refractivity contribution in [2.75, 3.05) is 26.2 Å². The fourth-order valence-electron chi connectivity index (χ4n) is 3.16. The Morgan fingerprint density at radius 1 is 1.04 bits per heavy atom. The number of hydrogen-bond acceptors (Lipinski definition) is 3. The number of carbonyl (C=O) groups excluding carboxylic acids is 1. The van der Waals surface area contributed by atoms with Crippen molar-refractivity contribution in [1.29, 1.82) is 0 Å². The predicted octanol–water partition coefficient (Wildman–Crippen LogP) is 2.95. The minimum Gasteiger partial charge on any atom is -0.335 e.